The number of urea groups is 1. The quantitative estimate of drug-likeness (QED) is 0.859. The molecule has 1 aromatic rings. The maximum atomic E-state index is 12.7. The highest BCUT2D eigenvalue weighted by atomic mass is 16.2. The number of nitrogens with zero attached hydrogens (tertiary/aromatic N) is 3. The molecule has 3 rings (SSSR count). The molecule has 2 N–H and O–H groups in total. The highest BCUT2D eigenvalue weighted by molar-refractivity contribution is 5.87. The molecule has 0 bridgehead atoms. The van der Waals surface area contributed by atoms with E-state index in [4.69, 9.17) is 5.73 Å². The third kappa shape index (κ3) is 4.33. The predicted molar refractivity (Wildman–Crippen MR) is 97.2 cm³/mol. The molecule has 2 aliphatic heterocycles. The number of hydrogen-bond acceptors (Lipinski definition) is 3. The Bertz CT molecular complexity index is 664. The van der Waals surface area contributed by atoms with Crippen molar-refractivity contribution >= 4 is 17.8 Å². The Hall–Kier alpha value is -2.57. The number of amides is 4. The van der Waals surface area contributed by atoms with Gasteiger partial charge in [-0.05, 0) is 24.8 Å². The molecule has 0 spiro atoms. The van der Waals surface area contributed by atoms with Gasteiger partial charge in [0.05, 0.1) is 12.5 Å². The van der Waals surface area contributed by atoms with Crippen LogP contribution in [0.5, 0.6) is 0 Å². The molecular weight excluding hydrogens is 332 g/mol. The Balaban J connectivity index is 1.50. The molecule has 0 aromatic heterocycles. The second kappa shape index (κ2) is 8.21. The average Bonchev–Trinajstić information content (AvgIpc) is 2.67. The van der Waals surface area contributed by atoms with Crippen LogP contribution in [0.25, 0.3) is 0 Å². The number of rotatable bonds is 4. The van der Waals surface area contributed by atoms with Crippen LogP contribution in [-0.4, -0.2) is 71.8 Å². The van der Waals surface area contributed by atoms with Crippen molar-refractivity contribution in [3.8, 4) is 0 Å². The molecule has 1 unspecified atom stereocenters. The van der Waals surface area contributed by atoms with Crippen molar-refractivity contribution in [1.29, 1.82) is 0 Å². The highest BCUT2D eigenvalue weighted by Gasteiger charge is 2.34. The minimum atomic E-state index is -0.482. The number of carbonyl (C=O) groups excluding carboxylic acids is 3. The Morgan fingerprint density at radius 3 is 2.54 bits per heavy atom. The van der Waals surface area contributed by atoms with Gasteiger partial charge in [-0.2, -0.15) is 0 Å². The molecule has 4 amide bonds. The second-order valence-electron chi connectivity index (χ2n) is 7.00. The monoisotopic (exact) mass is 358 g/mol. The SMILES string of the molecule is NC(=O)N1CCCC(C(=O)N2CCN(CCc3ccccc3)C(=O)C2)C1. The van der Waals surface area contributed by atoms with Gasteiger partial charge >= 0.3 is 6.03 Å². The summed E-state index contributed by atoms with van der Waals surface area (Å²) in [4.78, 5) is 41.5. The first-order chi connectivity index (χ1) is 12.5. The minimum Gasteiger partial charge on any atom is -0.351 e. The van der Waals surface area contributed by atoms with Gasteiger partial charge in [0.1, 0.15) is 0 Å². The molecule has 7 heteroatoms. The number of piperidine rings is 1. The van der Waals surface area contributed by atoms with E-state index in [1.807, 2.05) is 23.1 Å². The largest absolute Gasteiger partial charge is 0.351 e. The van der Waals surface area contributed by atoms with E-state index in [2.05, 4.69) is 12.1 Å². The van der Waals surface area contributed by atoms with Gasteiger partial charge in [0.2, 0.25) is 11.8 Å². The molecule has 26 heavy (non-hydrogen) atoms. The summed E-state index contributed by atoms with van der Waals surface area (Å²) in [6, 6.07) is 9.59. The van der Waals surface area contributed by atoms with Crippen LogP contribution in [0.1, 0.15) is 18.4 Å². The first-order valence-corrected chi connectivity index (χ1v) is 9.19. The first-order valence-electron chi connectivity index (χ1n) is 9.19. The summed E-state index contributed by atoms with van der Waals surface area (Å²) in [6.07, 6.45) is 2.33. The summed E-state index contributed by atoms with van der Waals surface area (Å²) in [5.41, 5.74) is 6.53. The normalized spacial score (nSPS) is 21.0. The minimum absolute atomic E-state index is 0.0110. The van der Waals surface area contributed by atoms with Crippen LogP contribution in [0, 0.1) is 5.92 Å². The second-order valence-corrected chi connectivity index (χ2v) is 7.00. The van der Waals surface area contributed by atoms with Gasteiger partial charge in [0, 0.05) is 32.7 Å². The van der Waals surface area contributed by atoms with Crippen molar-refractivity contribution in [2.45, 2.75) is 19.3 Å². The fraction of sp³-hybridized carbons (Fsp3) is 0.526. The number of nitrogens with two attached hydrogens (primary N) is 1. The molecule has 0 saturated carbocycles. The van der Waals surface area contributed by atoms with Crippen molar-refractivity contribution in [3.05, 3.63) is 35.9 Å². The molecule has 0 radical (unpaired) electrons. The Labute approximate surface area is 153 Å². The molecule has 1 atom stereocenters. The fourth-order valence-corrected chi connectivity index (χ4v) is 3.68. The number of primary amides is 1. The summed E-state index contributed by atoms with van der Waals surface area (Å²) in [5, 5.41) is 0. The van der Waals surface area contributed by atoms with Crippen LogP contribution in [0.15, 0.2) is 30.3 Å². The van der Waals surface area contributed by atoms with Gasteiger partial charge in [-0.25, -0.2) is 4.79 Å². The van der Waals surface area contributed by atoms with Crippen molar-refractivity contribution in [2.24, 2.45) is 11.7 Å². The smallest absolute Gasteiger partial charge is 0.314 e. The van der Waals surface area contributed by atoms with Crippen LogP contribution in [0.2, 0.25) is 0 Å². The topological polar surface area (TPSA) is 86.9 Å². The molecule has 2 fully saturated rings. The van der Waals surface area contributed by atoms with Gasteiger partial charge in [0.15, 0.2) is 0 Å². The standard InChI is InChI=1S/C19H26N4O3/c20-19(26)23-9-4-7-16(13-23)18(25)22-12-11-21(17(24)14-22)10-8-15-5-2-1-3-6-15/h1-3,5-6,16H,4,7-14H2,(H2,20,26). The number of piperazine rings is 1. The molecule has 1 aromatic carbocycles. The number of likely N-dealkylation sites (tertiary alicyclic amines) is 1. The van der Waals surface area contributed by atoms with Crippen LogP contribution in [0.4, 0.5) is 4.79 Å². The lowest BCUT2D eigenvalue weighted by Crippen LogP contribution is -2.55. The van der Waals surface area contributed by atoms with Gasteiger partial charge in [-0.1, -0.05) is 30.3 Å². The zero-order chi connectivity index (χ0) is 18.5. The molecular formula is C19H26N4O3. The van der Waals surface area contributed by atoms with E-state index >= 15 is 0 Å². The predicted octanol–water partition coefficient (Wildman–Crippen LogP) is 0.691. The van der Waals surface area contributed by atoms with Gasteiger partial charge in [-0.15, -0.1) is 0 Å². The molecule has 2 saturated heterocycles. The van der Waals surface area contributed by atoms with Crippen LogP contribution >= 0.6 is 0 Å². The Morgan fingerprint density at radius 2 is 1.85 bits per heavy atom. The van der Waals surface area contributed by atoms with Gasteiger partial charge in [-0.3, -0.25) is 9.59 Å². The lowest BCUT2D eigenvalue weighted by molar-refractivity contribution is -0.148. The summed E-state index contributed by atoms with van der Waals surface area (Å²) >= 11 is 0. The maximum Gasteiger partial charge on any atom is 0.314 e. The van der Waals surface area contributed by atoms with Crippen molar-refractivity contribution in [3.63, 3.8) is 0 Å². The zero-order valence-corrected chi connectivity index (χ0v) is 15.0. The highest BCUT2D eigenvalue weighted by Crippen LogP contribution is 2.20. The number of benzene rings is 1. The van der Waals surface area contributed by atoms with Crippen molar-refractivity contribution in [1.82, 2.24) is 14.7 Å². The van der Waals surface area contributed by atoms with E-state index in [1.54, 1.807) is 4.90 Å². The summed E-state index contributed by atoms with van der Waals surface area (Å²) in [6.45, 7) is 2.86. The summed E-state index contributed by atoms with van der Waals surface area (Å²) in [5.74, 6) is -0.296. The Morgan fingerprint density at radius 1 is 1.08 bits per heavy atom. The number of carbonyl (C=O) groups is 3. The van der Waals surface area contributed by atoms with Crippen LogP contribution in [0.3, 0.4) is 0 Å². The average molecular weight is 358 g/mol. The van der Waals surface area contributed by atoms with E-state index < -0.39 is 6.03 Å². The van der Waals surface area contributed by atoms with E-state index in [1.165, 1.54) is 10.5 Å². The van der Waals surface area contributed by atoms with Crippen molar-refractivity contribution < 1.29 is 14.4 Å². The molecule has 140 valence electrons. The summed E-state index contributed by atoms with van der Waals surface area (Å²) < 4.78 is 0. The summed E-state index contributed by atoms with van der Waals surface area (Å²) in [7, 11) is 0. The molecule has 0 aliphatic carbocycles. The third-order valence-electron chi connectivity index (χ3n) is 5.23. The van der Waals surface area contributed by atoms with Crippen LogP contribution in [-0.2, 0) is 16.0 Å². The van der Waals surface area contributed by atoms with E-state index in [0.29, 0.717) is 32.7 Å². The van der Waals surface area contributed by atoms with E-state index in [9.17, 15) is 14.4 Å². The maximum absolute atomic E-state index is 12.7. The molecule has 2 heterocycles. The first kappa shape index (κ1) is 18.2. The van der Waals surface area contributed by atoms with E-state index in [-0.39, 0.29) is 24.3 Å². The molecule has 7 nitrogen and oxygen atoms in total. The fourth-order valence-electron chi connectivity index (χ4n) is 3.68. The number of hydrogen-bond donors (Lipinski definition) is 1. The lowest BCUT2D eigenvalue weighted by Gasteiger charge is -2.38. The molecule has 2 aliphatic rings. The van der Waals surface area contributed by atoms with Gasteiger partial charge < -0.3 is 20.4 Å². The third-order valence-corrected chi connectivity index (χ3v) is 5.23. The lowest BCUT2D eigenvalue weighted by atomic mass is 9.96. The van der Waals surface area contributed by atoms with Gasteiger partial charge in [0.25, 0.3) is 0 Å². The van der Waals surface area contributed by atoms with Crippen LogP contribution < -0.4 is 5.73 Å². The zero-order valence-electron chi connectivity index (χ0n) is 15.0. The Kier molecular flexibility index (Phi) is 5.75. The van der Waals surface area contributed by atoms with E-state index in [0.717, 1.165) is 19.3 Å². The van der Waals surface area contributed by atoms with Crippen molar-refractivity contribution in [2.75, 3.05) is 39.3 Å².